The van der Waals surface area contributed by atoms with Gasteiger partial charge in [-0.1, -0.05) is 67.6 Å². The molecular weight excluding hydrogens is 779 g/mol. The van der Waals surface area contributed by atoms with Crippen molar-refractivity contribution in [2.75, 3.05) is 69.8 Å². The molecule has 3 aromatic carbocycles. The number of methoxy groups -OCH3 is 1. The van der Waals surface area contributed by atoms with Gasteiger partial charge < -0.3 is 44.1 Å². The van der Waals surface area contributed by atoms with Crippen molar-refractivity contribution in [2.24, 2.45) is 0 Å². The fourth-order valence-electron chi connectivity index (χ4n) is 8.61. The number of carbonyl (C=O) groups excluding carboxylic acids is 3. The standard InChI is InChI=1S/C46H49N7O8/c1-4-46-21-32(61-44-30(2)19-31(25-54)22-47-44)24-53(46)40-20-39(37-15-9-10-16-41(37)60-29-58-18-17-57-3)50-51-43(40)52(27-46)28-49-42(55)23-48-45(56)59-26-38-35-13-7-5-11-33(35)34-12-6-8-14-36(34)38/h5-16,19-20,22,25,32,38H,4,17-18,21,23-24,26-29H2,1-3H3,(H,48,56)(H,49,55)/t32-,46+/m1/s1. The van der Waals surface area contributed by atoms with E-state index in [1.807, 2.05) is 66.4 Å². The molecule has 1 fully saturated rings. The lowest BCUT2D eigenvalue weighted by molar-refractivity contribution is -0.120. The van der Waals surface area contributed by atoms with E-state index in [-0.39, 0.29) is 44.5 Å². The van der Waals surface area contributed by atoms with E-state index < -0.39 is 11.6 Å². The van der Waals surface area contributed by atoms with E-state index in [1.165, 1.54) is 6.20 Å². The molecule has 2 aliphatic heterocycles. The second-order valence-corrected chi connectivity index (χ2v) is 15.4. The SMILES string of the molecule is CC[C@@]12C[C@@H](Oc3ncc(C=O)cc3C)CN1c1cc(-c3ccccc3OCOCCOC)nnc1N(CNC(=O)CNC(=O)OCC1c3ccccc3-c3ccccc31)C2. The summed E-state index contributed by atoms with van der Waals surface area (Å²) in [5, 5.41) is 15.0. The Labute approximate surface area is 354 Å². The number of benzene rings is 3. The average Bonchev–Trinajstić information content (AvgIpc) is 3.83. The van der Waals surface area contributed by atoms with Crippen LogP contribution in [0.15, 0.2) is 91.1 Å². The molecule has 316 valence electrons. The van der Waals surface area contributed by atoms with Crippen molar-refractivity contribution < 1.29 is 38.1 Å². The Morgan fingerprint density at radius 1 is 0.934 bits per heavy atom. The Morgan fingerprint density at radius 3 is 2.39 bits per heavy atom. The van der Waals surface area contributed by atoms with Gasteiger partial charge in [-0.3, -0.25) is 9.59 Å². The summed E-state index contributed by atoms with van der Waals surface area (Å²) in [4.78, 5) is 46.3. The lowest BCUT2D eigenvalue weighted by Crippen LogP contribution is -2.58. The van der Waals surface area contributed by atoms with E-state index in [1.54, 1.807) is 13.2 Å². The third-order valence-corrected chi connectivity index (χ3v) is 11.6. The number of carbonyl (C=O) groups is 3. The molecule has 0 saturated carbocycles. The highest BCUT2D eigenvalue weighted by Gasteiger charge is 2.51. The van der Waals surface area contributed by atoms with Crippen LogP contribution in [0.5, 0.6) is 11.6 Å². The van der Waals surface area contributed by atoms with Gasteiger partial charge in [-0.25, -0.2) is 9.78 Å². The van der Waals surface area contributed by atoms with Crippen LogP contribution in [0.2, 0.25) is 0 Å². The van der Waals surface area contributed by atoms with Crippen LogP contribution in [-0.2, 0) is 19.0 Å². The second kappa shape index (κ2) is 18.4. The smallest absolute Gasteiger partial charge is 0.407 e. The van der Waals surface area contributed by atoms with Gasteiger partial charge in [0, 0.05) is 48.9 Å². The first-order valence-corrected chi connectivity index (χ1v) is 20.4. The van der Waals surface area contributed by atoms with Gasteiger partial charge in [0.05, 0.1) is 43.3 Å². The van der Waals surface area contributed by atoms with Crippen molar-refractivity contribution in [1.82, 2.24) is 25.8 Å². The van der Waals surface area contributed by atoms with Crippen LogP contribution >= 0.6 is 0 Å². The zero-order valence-electron chi connectivity index (χ0n) is 34.5. The molecule has 4 heterocycles. The van der Waals surface area contributed by atoms with Crippen molar-refractivity contribution in [3.63, 3.8) is 0 Å². The van der Waals surface area contributed by atoms with Crippen LogP contribution in [0.4, 0.5) is 16.3 Å². The molecule has 0 spiro atoms. The molecule has 61 heavy (non-hydrogen) atoms. The molecule has 2 N–H and O–H groups in total. The number of ether oxygens (including phenoxy) is 5. The lowest BCUT2D eigenvalue weighted by atomic mass is 9.89. The number of nitrogens with zero attached hydrogens (tertiary/aromatic N) is 5. The quantitative estimate of drug-likeness (QED) is 0.0647. The van der Waals surface area contributed by atoms with Crippen LogP contribution in [0.3, 0.4) is 0 Å². The number of fused-ring (bicyclic) bond motifs is 6. The highest BCUT2D eigenvalue weighted by Crippen LogP contribution is 2.48. The van der Waals surface area contributed by atoms with E-state index in [0.717, 1.165) is 51.8 Å². The Morgan fingerprint density at radius 2 is 1.67 bits per heavy atom. The van der Waals surface area contributed by atoms with E-state index in [4.69, 9.17) is 28.8 Å². The van der Waals surface area contributed by atoms with Crippen molar-refractivity contribution in [3.05, 3.63) is 113 Å². The van der Waals surface area contributed by atoms with Gasteiger partial charge >= 0.3 is 6.09 Å². The van der Waals surface area contributed by atoms with Gasteiger partial charge in [-0.05, 0) is 59.9 Å². The van der Waals surface area contributed by atoms with E-state index in [0.29, 0.717) is 61.4 Å². The van der Waals surface area contributed by atoms with Crippen LogP contribution in [-0.4, -0.2) is 105 Å². The summed E-state index contributed by atoms with van der Waals surface area (Å²) >= 11 is 0. The molecule has 0 unspecified atom stereocenters. The maximum atomic E-state index is 13.3. The molecule has 1 saturated heterocycles. The first-order chi connectivity index (χ1) is 29.8. The second-order valence-electron chi connectivity index (χ2n) is 15.4. The van der Waals surface area contributed by atoms with Crippen LogP contribution in [0.25, 0.3) is 22.4 Å². The molecule has 2 aromatic heterocycles. The largest absolute Gasteiger partial charge is 0.472 e. The van der Waals surface area contributed by atoms with E-state index >= 15 is 0 Å². The summed E-state index contributed by atoms with van der Waals surface area (Å²) in [6.07, 6.45) is 2.78. The van der Waals surface area contributed by atoms with Gasteiger partial charge in [-0.2, -0.15) is 0 Å². The fourth-order valence-corrected chi connectivity index (χ4v) is 8.61. The minimum absolute atomic E-state index is 0.0355. The number of alkyl carbamates (subject to hydrolysis) is 1. The number of hydrogen-bond acceptors (Lipinski definition) is 13. The number of aldehydes is 1. The molecule has 5 aromatic rings. The highest BCUT2D eigenvalue weighted by atomic mass is 16.7. The number of aromatic nitrogens is 3. The maximum Gasteiger partial charge on any atom is 0.407 e. The number of nitrogens with one attached hydrogen (secondary N) is 2. The van der Waals surface area contributed by atoms with Crippen LogP contribution < -0.4 is 29.9 Å². The number of para-hydroxylation sites is 1. The molecule has 2 amide bonds. The van der Waals surface area contributed by atoms with Crippen molar-refractivity contribution in [2.45, 2.75) is 44.2 Å². The fraction of sp³-hybridized carbons (Fsp3) is 0.348. The molecule has 2 atom stereocenters. The molecule has 1 aliphatic carbocycles. The molecule has 15 nitrogen and oxygen atoms in total. The minimum atomic E-state index is -0.673. The van der Waals surface area contributed by atoms with Gasteiger partial charge in [-0.15, -0.1) is 10.2 Å². The third kappa shape index (κ3) is 8.70. The average molecular weight is 828 g/mol. The minimum Gasteiger partial charge on any atom is -0.472 e. The molecule has 15 heteroatoms. The molecule has 8 rings (SSSR count). The monoisotopic (exact) mass is 827 g/mol. The first-order valence-electron chi connectivity index (χ1n) is 20.4. The van der Waals surface area contributed by atoms with E-state index in [2.05, 4.69) is 56.8 Å². The Hall–Kier alpha value is -6.58. The number of hydrogen-bond donors (Lipinski definition) is 2. The predicted octanol–water partition coefficient (Wildman–Crippen LogP) is 5.90. The zero-order chi connectivity index (χ0) is 42.3. The van der Waals surface area contributed by atoms with Gasteiger partial charge in [0.1, 0.15) is 25.0 Å². The van der Waals surface area contributed by atoms with Gasteiger partial charge in [0.15, 0.2) is 18.9 Å². The van der Waals surface area contributed by atoms with Crippen molar-refractivity contribution in [1.29, 1.82) is 0 Å². The number of aryl methyl sites for hydroxylation is 1. The third-order valence-electron chi connectivity index (χ3n) is 11.6. The molecule has 0 radical (unpaired) electrons. The number of rotatable bonds is 17. The predicted molar refractivity (Wildman–Crippen MR) is 228 cm³/mol. The number of anilines is 2. The normalized spacial score (nSPS) is 17.5. The summed E-state index contributed by atoms with van der Waals surface area (Å²) in [5.74, 6) is 1.16. The van der Waals surface area contributed by atoms with Crippen molar-refractivity contribution >= 4 is 29.8 Å². The topological polar surface area (TPSA) is 167 Å². The van der Waals surface area contributed by atoms with Gasteiger partial charge in [0.2, 0.25) is 11.8 Å². The maximum absolute atomic E-state index is 13.3. The zero-order valence-corrected chi connectivity index (χ0v) is 34.5. The number of amides is 2. The Balaban J connectivity index is 0.973. The molecule has 3 aliphatic rings. The van der Waals surface area contributed by atoms with Crippen molar-refractivity contribution in [3.8, 4) is 34.0 Å². The van der Waals surface area contributed by atoms with Gasteiger partial charge in [0.25, 0.3) is 0 Å². The van der Waals surface area contributed by atoms with Crippen LogP contribution in [0, 0.1) is 6.92 Å². The first kappa shape index (κ1) is 41.2. The molecule has 0 bridgehead atoms. The lowest BCUT2D eigenvalue weighted by Gasteiger charge is -2.48. The van der Waals surface area contributed by atoms with E-state index in [9.17, 15) is 14.4 Å². The summed E-state index contributed by atoms with van der Waals surface area (Å²) in [6, 6.07) is 27.6. The molecular formula is C46H49N7O8. The summed E-state index contributed by atoms with van der Waals surface area (Å²) in [7, 11) is 1.61. The van der Waals surface area contributed by atoms with Crippen LogP contribution in [0.1, 0.15) is 52.7 Å². The summed E-state index contributed by atoms with van der Waals surface area (Å²) in [6.45, 7) is 5.93. The Kier molecular flexibility index (Phi) is 12.4. The summed E-state index contributed by atoms with van der Waals surface area (Å²) in [5.41, 5.74) is 7.48. The number of pyridine rings is 1. The summed E-state index contributed by atoms with van der Waals surface area (Å²) < 4.78 is 28.8. The Bertz CT molecular complexity index is 2350. The highest BCUT2D eigenvalue weighted by molar-refractivity contribution is 5.84.